The molecule has 2 aromatic carbocycles. The van der Waals surface area contributed by atoms with Crippen molar-refractivity contribution in [2.24, 2.45) is 0 Å². The van der Waals surface area contributed by atoms with Gasteiger partial charge in [-0.25, -0.2) is 18.1 Å². The fraction of sp³-hybridized carbons (Fsp3) is 0.238. The Morgan fingerprint density at radius 1 is 1.10 bits per heavy atom. The first-order chi connectivity index (χ1) is 14.4. The number of aliphatic hydroxyl groups is 1. The van der Waals surface area contributed by atoms with E-state index in [4.69, 9.17) is 4.42 Å². The molecule has 8 nitrogen and oxygen atoms in total. The Labute approximate surface area is 186 Å². The van der Waals surface area contributed by atoms with Gasteiger partial charge in [0.15, 0.2) is 12.0 Å². The van der Waals surface area contributed by atoms with E-state index < -0.39 is 16.1 Å². The molecule has 4 aromatic rings. The molecule has 0 spiro atoms. The molecule has 2 aromatic heterocycles. The zero-order chi connectivity index (χ0) is 21.1. The maximum absolute atomic E-state index is 12.7. The Kier molecular flexibility index (Phi) is 7.24. The van der Waals surface area contributed by atoms with Crippen LogP contribution in [-0.2, 0) is 10.0 Å². The van der Waals surface area contributed by atoms with E-state index in [1.807, 2.05) is 0 Å². The first-order valence-electron chi connectivity index (χ1n) is 9.50. The van der Waals surface area contributed by atoms with E-state index in [0.29, 0.717) is 23.2 Å². The smallest absolute Gasteiger partial charge is 0.240 e. The van der Waals surface area contributed by atoms with Gasteiger partial charge in [-0.15, -0.1) is 12.4 Å². The van der Waals surface area contributed by atoms with Crippen LogP contribution in [0.3, 0.4) is 0 Å². The van der Waals surface area contributed by atoms with Gasteiger partial charge < -0.3 is 14.8 Å². The van der Waals surface area contributed by atoms with Crippen LogP contribution < -0.4 is 10.0 Å². The summed E-state index contributed by atoms with van der Waals surface area (Å²) < 4.78 is 33.2. The standard InChI is InChI=1S/C21H22N4O4S.ClH/c1-14(10-23-12-20(26)16-3-5-21-19(9-16)24-13-29-21)25-30(27,28)18-4-2-17-11-22-7-6-15(17)8-18;/h2-9,11,13-14,20,23,25-26H,10,12H2,1H3;1H/t14-,20?;/m1./s1. The summed E-state index contributed by atoms with van der Waals surface area (Å²) in [6.45, 7) is 2.40. The second-order valence-corrected chi connectivity index (χ2v) is 8.87. The van der Waals surface area contributed by atoms with Crippen molar-refractivity contribution in [3.05, 3.63) is 66.8 Å². The fourth-order valence-electron chi connectivity index (χ4n) is 3.24. The molecule has 4 rings (SSSR count). The highest BCUT2D eigenvalue weighted by molar-refractivity contribution is 7.89. The SMILES string of the molecule is C[C@H](CNCC(O)c1ccc2ocnc2c1)NS(=O)(=O)c1ccc2cnccc2c1.Cl. The van der Waals surface area contributed by atoms with Crippen LogP contribution >= 0.6 is 12.4 Å². The molecule has 2 atom stereocenters. The molecular formula is C21H23ClN4O4S. The summed E-state index contributed by atoms with van der Waals surface area (Å²) in [5.41, 5.74) is 2.05. The number of rotatable bonds is 8. The topological polar surface area (TPSA) is 117 Å². The number of hydrogen-bond acceptors (Lipinski definition) is 7. The molecule has 0 saturated heterocycles. The van der Waals surface area contributed by atoms with Crippen LogP contribution in [0.1, 0.15) is 18.6 Å². The molecule has 164 valence electrons. The largest absolute Gasteiger partial charge is 0.443 e. The van der Waals surface area contributed by atoms with E-state index >= 15 is 0 Å². The summed E-state index contributed by atoms with van der Waals surface area (Å²) in [4.78, 5) is 8.32. The first-order valence-corrected chi connectivity index (χ1v) is 11.0. The number of halogens is 1. The van der Waals surface area contributed by atoms with Gasteiger partial charge in [-0.2, -0.15) is 0 Å². The van der Waals surface area contributed by atoms with Gasteiger partial charge >= 0.3 is 0 Å². The van der Waals surface area contributed by atoms with Crippen molar-refractivity contribution in [3.63, 3.8) is 0 Å². The number of hydrogen-bond donors (Lipinski definition) is 3. The molecule has 3 N–H and O–H groups in total. The van der Waals surface area contributed by atoms with Crippen molar-refractivity contribution in [1.29, 1.82) is 0 Å². The lowest BCUT2D eigenvalue weighted by Crippen LogP contribution is -2.40. The van der Waals surface area contributed by atoms with E-state index in [-0.39, 0.29) is 29.9 Å². The molecule has 0 saturated carbocycles. The highest BCUT2D eigenvalue weighted by Crippen LogP contribution is 2.20. The number of nitrogens with one attached hydrogen (secondary N) is 2. The van der Waals surface area contributed by atoms with Gasteiger partial charge in [0.2, 0.25) is 10.0 Å². The Morgan fingerprint density at radius 2 is 1.94 bits per heavy atom. The van der Waals surface area contributed by atoms with Crippen molar-refractivity contribution in [2.45, 2.75) is 24.0 Å². The van der Waals surface area contributed by atoms with Crippen molar-refractivity contribution in [2.75, 3.05) is 13.1 Å². The van der Waals surface area contributed by atoms with E-state index in [1.165, 1.54) is 6.39 Å². The average molecular weight is 463 g/mol. The maximum atomic E-state index is 12.7. The van der Waals surface area contributed by atoms with Gasteiger partial charge in [0.1, 0.15) is 5.52 Å². The highest BCUT2D eigenvalue weighted by Gasteiger charge is 2.18. The van der Waals surface area contributed by atoms with Crippen molar-refractivity contribution in [3.8, 4) is 0 Å². The number of pyridine rings is 1. The molecule has 0 aliphatic heterocycles. The Bertz CT molecular complexity index is 1280. The van der Waals surface area contributed by atoms with Crippen molar-refractivity contribution in [1.82, 2.24) is 20.0 Å². The van der Waals surface area contributed by atoms with Crippen LogP contribution in [-0.4, -0.2) is 42.6 Å². The number of nitrogens with zero attached hydrogens (tertiary/aromatic N) is 2. The van der Waals surface area contributed by atoms with Gasteiger partial charge in [-0.3, -0.25) is 4.98 Å². The molecule has 1 unspecified atom stereocenters. The third-order valence-corrected chi connectivity index (χ3v) is 6.39. The third-order valence-electron chi connectivity index (χ3n) is 4.81. The van der Waals surface area contributed by atoms with Gasteiger partial charge in [0.05, 0.1) is 11.0 Å². The number of benzene rings is 2. The molecule has 0 amide bonds. The lowest BCUT2D eigenvalue weighted by Gasteiger charge is -2.17. The molecular weight excluding hydrogens is 440 g/mol. The number of aliphatic hydroxyl groups excluding tert-OH is 1. The summed E-state index contributed by atoms with van der Waals surface area (Å²) in [5.74, 6) is 0. The van der Waals surface area contributed by atoms with Crippen LogP contribution in [0.4, 0.5) is 0 Å². The second-order valence-electron chi connectivity index (χ2n) is 7.16. The summed E-state index contributed by atoms with van der Waals surface area (Å²) in [7, 11) is -3.66. The van der Waals surface area contributed by atoms with Crippen LogP contribution in [0, 0.1) is 0 Å². The molecule has 0 bridgehead atoms. The van der Waals surface area contributed by atoms with E-state index in [0.717, 1.165) is 10.8 Å². The van der Waals surface area contributed by atoms with Gasteiger partial charge in [-0.1, -0.05) is 12.1 Å². The van der Waals surface area contributed by atoms with Crippen LogP contribution in [0.25, 0.3) is 21.9 Å². The fourth-order valence-corrected chi connectivity index (χ4v) is 4.52. The summed E-state index contributed by atoms with van der Waals surface area (Å²) >= 11 is 0. The quantitative estimate of drug-likeness (QED) is 0.368. The molecule has 2 heterocycles. The van der Waals surface area contributed by atoms with Crippen molar-refractivity contribution < 1.29 is 17.9 Å². The average Bonchev–Trinajstić information content (AvgIpc) is 3.20. The van der Waals surface area contributed by atoms with E-state index in [2.05, 4.69) is 20.0 Å². The number of aromatic nitrogens is 2. The van der Waals surface area contributed by atoms with Crippen molar-refractivity contribution >= 4 is 44.3 Å². The van der Waals surface area contributed by atoms with Gasteiger partial charge in [-0.05, 0) is 48.2 Å². The molecule has 0 fully saturated rings. The maximum Gasteiger partial charge on any atom is 0.240 e. The van der Waals surface area contributed by atoms with Crippen LogP contribution in [0.15, 0.2) is 70.6 Å². The zero-order valence-electron chi connectivity index (χ0n) is 16.7. The molecule has 0 aliphatic rings. The number of sulfonamides is 1. The molecule has 0 aliphatic carbocycles. The number of oxazole rings is 1. The lowest BCUT2D eigenvalue weighted by atomic mass is 10.1. The monoisotopic (exact) mass is 462 g/mol. The van der Waals surface area contributed by atoms with E-state index in [1.54, 1.807) is 61.8 Å². The Hall–Kier alpha value is -2.56. The molecule has 0 radical (unpaired) electrons. The summed E-state index contributed by atoms with van der Waals surface area (Å²) in [6.07, 6.45) is 3.94. The molecule has 10 heteroatoms. The number of fused-ring (bicyclic) bond motifs is 2. The molecule has 31 heavy (non-hydrogen) atoms. The predicted octanol–water partition coefficient (Wildman–Crippen LogP) is 2.79. The van der Waals surface area contributed by atoms with Gasteiger partial charge in [0, 0.05) is 36.9 Å². The predicted molar refractivity (Wildman–Crippen MR) is 121 cm³/mol. The minimum absolute atomic E-state index is 0. The lowest BCUT2D eigenvalue weighted by molar-refractivity contribution is 0.174. The summed E-state index contributed by atoms with van der Waals surface area (Å²) in [5, 5.41) is 15.2. The normalized spacial score (nSPS) is 13.7. The second kappa shape index (κ2) is 9.71. The van der Waals surface area contributed by atoms with Gasteiger partial charge in [0.25, 0.3) is 0 Å². The minimum Gasteiger partial charge on any atom is -0.443 e. The van der Waals surface area contributed by atoms with Crippen LogP contribution in [0.2, 0.25) is 0 Å². The zero-order valence-corrected chi connectivity index (χ0v) is 18.4. The Balaban J connectivity index is 0.00000272. The first kappa shape index (κ1) is 23.1. The summed E-state index contributed by atoms with van der Waals surface area (Å²) in [6, 6.07) is 11.7. The van der Waals surface area contributed by atoms with E-state index in [9.17, 15) is 13.5 Å². The van der Waals surface area contributed by atoms with Crippen LogP contribution in [0.5, 0.6) is 0 Å². The Morgan fingerprint density at radius 3 is 2.77 bits per heavy atom. The minimum atomic E-state index is -3.66. The third kappa shape index (κ3) is 5.38. The highest BCUT2D eigenvalue weighted by atomic mass is 35.5.